The van der Waals surface area contributed by atoms with Gasteiger partial charge in [0.2, 0.25) is 0 Å². The third kappa shape index (κ3) is 2.86. The van der Waals surface area contributed by atoms with Crippen molar-refractivity contribution in [2.75, 3.05) is 20.8 Å². The molecule has 0 aliphatic heterocycles. The van der Waals surface area contributed by atoms with E-state index in [4.69, 9.17) is 9.84 Å². The van der Waals surface area contributed by atoms with Crippen molar-refractivity contribution in [3.63, 3.8) is 0 Å². The van der Waals surface area contributed by atoms with E-state index in [0.717, 1.165) is 0 Å². The molecule has 4 heteroatoms. The Morgan fingerprint density at radius 1 is 1.73 bits per heavy atom. The van der Waals surface area contributed by atoms with E-state index in [2.05, 4.69) is 5.32 Å². The topological polar surface area (TPSA) is 58.6 Å². The smallest absolute Gasteiger partial charge is 0.323 e. The van der Waals surface area contributed by atoms with E-state index in [9.17, 15) is 4.79 Å². The second kappa shape index (κ2) is 4.31. The van der Waals surface area contributed by atoms with Crippen LogP contribution in [0.15, 0.2) is 0 Å². The van der Waals surface area contributed by atoms with Crippen LogP contribution in [0.4, 0.5) is 0 Å². The summed E-state index contributed by atoms with van der Waals surface area (Å²) in [5, 5.41) is 11.5. The highest BCUT2D eigenvalue weighted by Gasteiger charge is 2.30. The molecule has 0 aromatic heterocycles. The van der Waals surface area contributed by atoms with Gasteiger partial charge in [0.05, 0.1) is 0 Å². The second-order valence-electron chi connectivity index (χ2n) is 2.63. The number of nitrogens with one attached hydrogen (secondary N) is 1. The largest absolute Gasteiger partial charge is 0.480 e. The molecule has 1 atom stereocenters. The van der Waals surface area contributed by atoms with Crippen LogP contribution in [0, 0.1) is 0 Å². The highest BCUT2D eigenvalue weighted by atomic mass is 16.5. The fourth-order valence-electron chi connectivity index (χ4n) is 0.645. The molecule has 0 heterocycles. The van der Waals surface area contributed by atoms with Crippen molar-refractivity contribution in [3.8, 4) is 0 Å². The van der Waals surface area contributed by atoms with Crippen molar-refractivity contribution in [1.82, 2.24) is 5.32 Å². The fraction of sp³-hybridized carbons (Fsp3) is 0.857. The average molecular weight is 161 g/mol. The number of carboxylic acids is 1. The number of likely N-dealkylation sites (N-methyl/N-ethyl adjacent to an activating group) is 1. The van der Waals surface area contributed by atoms with Gasteiger partial charge in [0.25, 0.3) is 0 Å². The molecule has 2 N–H and O–H groups in total. The number of carbonyl (C=O) groups is 1. The number of hydrogen-bond donors (Lipinski definition) is 2. The van der Waals surface area contributed by atoms with Crippen LogP contribution in [0.2, 0.25) is 0 Å². The summed E-state index contributed by atoms with van der Waals surface area (Å²) in [6.45, 7) is 2.08. The highest BCUT2D eigenvalue weighted by molar-refractivity contribution is 5.78. The summed E-state index contributed by atoms with van der Waals surface area (Å²) in [4.78, 5) is 10.6. The van der Waals surface area contributed by atoms with Gasteiger partial charge >= 0.3 is 5.97 Å². The van der Waals surface area contributed by atoms with Crippen LogP contribution in [-0.2, 0) is 9.53 Å². The zero-order valence-corrected chi connectivity index (χ0v) is 7.18. The molecule has 11 heavy (non-hydrogen) atoms. The maximum absolute atomic E-state index is 10.6. The molecule has 1 unspecified atom stereocenters. The van der Waals surface area contributed by atoms with E-state index in [1.54, 1.807) is 21.1 Å². The number of aliphatic carboxylic acids is 1. The first-order valence-electron chi connectivity index (χ1n) is 3.48. The molecule has 0 radical (unpaired) electrons. The van der Waals surface area contributed by atoms with Crippen LogP contribution in [0.5, 0.6) is 0 Å². The lowest BCUT2D eigenvalue weighted by atomic mass is 9.99. The number of hydrogen-bond acceptors (Lipinski definition) is 3. The molecule has 0 saturated carbocycles. The van der Waals surface area contributed by atoms with Gasteiger partial charge in [0.1, 0.15) is 5.54 Å². The summed E-state index contributed by atoms with van der Waals surface area (Å²) in [5.74, 6) is -0.850. The lowest BCUT2D eigenvalue weighted by Crippen LogP contribution is -2.48. The third-order valence-electron chi connectivity index (χ3n) is 1.83. The monoisotopic (exact) mass is 161 g/mol. The van der Waals surface area contributed by atoms with Crippen LogP contribution in [-0.4, -0.2) is 37.4 Å². The lowest BCUT2D eigenvalue weighted by molar-refractivity contribution is -0.144. The van der Waals surface area contributed by atoms with Gasteiger partial charge in [-0.1, -0.05) is 0 Å². The van der Waals surface area contributed by atoms with E-state index in [1.165, 1.54) is 0 Å². The van der Waals surface area contributed by atoms with Crippen molar-refractivity contribution in [2.45, 2.75) is 18.9 Å². The van der Waals surface area contributed by atoms with E-state index in [-0.39, 0.29) is 0 Å². The van der Waals surface area contributed by atoms with Crippen LogP contribution in [0.1, 0.15) is 13.3 Å². The molecule has 0 aliphatic carbocycles. The molecule has 0 rings (SSSR count). The number of carboxylic acid groups (broad SMARTS) is 1. The van der Waals surface area contributed by atoms with E-state index in [0.29, 0.717) is 13.0 Å². The third-order valence-corrected chi connectivity index (χ3v) is 1.83. The van der Waals surface area contributed by atoms with Crippen LogP contribution < -0.4 is 5.32 Å². The van der Waals surface area contributed by atoms with Gasteiger partial charge in [-0.05, 0) is 20.4 Å². The lowest BCUT2D eigenvalue weighted by Gasteiger charge is -2.23. The van der Waals surface area contributed by atoms with Crippen molar-refractivity contribution < 1.29 is 14.6 Å². The summed E-state index contributed by atoms with van der Waals surface area (Å²) in [5.41, 5.74) is -0.865. The van der Waals surface area contributed by atoms with Gasteiger partial charge in [-0.2, -0.15) is 0 Å². The molecular weight excluding hydrogens is 146 g/mol. The molecular formula is C7H15NO3. The standard InChI is InChI=1S/C7H15NO3/c1-7(8-2,6(9)10)4-5-11-3/h8H,4-5H2,1-3H3,(H,9,10). The summed E-state index contributed by atoms with van der Waals surface area (Å²) in [6.07, 6.45) is 0.468. The zero-order valence-electron chi connectivity index (χ0n) is 7.18. The predicted octanol–water partition coefficient (Wildman–Crippen LogP) is 0.0856. The maximum atomic E-state index is 10.6. The van der Waals surface area contributed by atoms with Gasteiger partial charge in [0, 0.05) is 13.7 Å². The Hall–Kier alpha value is -0.610. The second-order valence-corrected chi connectivity index (χ2v) is 2.63. The van der Waals surface area contributed by atoms with Gasteiger partial charge < -0.3 is 15.2 Å². The normalized spacial score (nSPS) is 15.9. The summed E-state index contributed by atoms with van der Waals surface area (Å²) < 4.78 is 4.79. The Morgan fingerprint density at radius 2 is 2.27 bits per heavy atom. The SMILES string of the molecule is CNC(C)(CCOC)C(=O)O. The average Bonchev–Trinajstić information content (AvgIpc) is 2.00. The minimum atomic E-state index is -0.865. The van der Waals surface area contributed by atoms with Gasteiger partial charge in [0.15, 0.2) is 0 Å². The molecule has 0 aliphatic rings. The Bertz CT molecular complexity index is 138. The molecule has 0 amide bonds. The predicted molar refractivity (Wildman–Crippen MR) is 41.6 cm³/mol. The number of ether oxygens (including phenoxy) is 1. The Kier molecular flexibility index (Phi) is 4.07. The number of methoxy groups -OCH3 is 1. The van der Waals surface area contributed by atoms with Crippen LogP contribution >= 0.6 is 0 Å². The fourth-order valence-corrected chi connectivity index (χ4v) is 0.645. The molecule has 66 valence electrons. The van der Waals surface area contributed by atoms with Crippen molar-refractivity contribution >= 4 is 5.97 Å². The molecule has 0 aromatic carbocycles. The quantitative estimate of drug-likeness (QED) is 0.599. The van der Waals surface area contributed by atoms with Crippen LogP contribution in [0.3, 0.4) is 0 Å². The first-order valence-corrected chi connectivity index (χ1v) is 3.48. The molecule has 0 bridgehead atoms. The van der Waals surface area contributed by atoms with Crippen molar-refractivity contribution in [1.29, 1.82) is 0 Å². The van der Waals surface area contributed by atoms with Gasteiger partial charge in [-0.25, -0.2) is 0 Å². The molecule has 0 spiro atoms. The molecule has 4 nitrogen and oxygen atoms in total. The Morgan fingerprint density at radius 3 is 2.55 bits per heavy atom. The summed E-state index contributed by atoms with van der Waals surface area (Å²) >= 11 is 0. The minimum Gasteiger partial charge on any atom is -0.480 e. The highest BCUT2D eigenvalue weighted by Crippen LogP contribution is 2.08. The van der Waals surface area contributed by atoms with E-state index >= 15 is 0 Å². The Labute approximate surface area is 66.5 Å². The van der Waals surface area contributed by atoms with Crippen molar-refractivity contribution in [2.24, 2.45) is 0 Å². The number of rotatable bonds is 5. The first kappa shape index (κ1) is 10.4. The van der Waals surface area contributed by atoms with Crippen LogP contribution in [0.25, 0.3) is 0 Å². The minimum absolute atomic E-state index is 0.448. The van der Waals surface area contributed by atoms with Gasteiger partial charge in [-0.15, -0.1) is 0 Å². The summed E-state index contributed by atoms with van der Waals surface area (Å²) in [6, 6.07) is 0. The maximum Gasteiger partial charge on any atom is 0.323 e. The zero-order chi connectivity index (χ0) is 8.91. The van der Waals surface area contributed by atoms with Gasteiger partial charge in [-0.3, -0.25) is 4.79 Å². The van der Waals surface area contributed by atoms with Crippen molar-refractivity contribution in [3.05, 3.63) is 0 Å². The summed E-state index contributed by atoms with van der Waals surface area (Å²) in [7, 11) is 3.18. The first-order chi connectivity index (χ1) is 5.06. The molecule has 0 fully saturated rings. The van der Waals surface area contributed by atoms with E-state index in [1.807, 2.05) is 0 Å². The van der Waals surface area contributed by atoms with E-state index < -0.39 is 11.5 Å². The molecule has 0 aromatic rings. The Balaban J connectivity index is 3.99. The molecule has 0 saturated heterocycles.